The molecule has 1 aliphatic carbocycles. The molecule has 1 fully saturated rings. The summed E-state index contributed by atoms with van der Waals surface area (Å²) in [6, 6.07) is 5.70. The van der Waals surface area contributed by atoms with Crippen molar-refractivity contribution < 1.29 is 0 Å². The second-order valence-corrected chi connectivity index (χ2v) is 4.33. The topological polar surface area (TPSA) is 0 Å². The minimum Gasteiger partial charge on any atom is -0.0843 e. The number of hydrogen-bond acceptors (Lipinski definition) is 0. The lowest BCUT2D eigenvalue weighted by molar-refractivity contribution is 0.915. The summed E-state index contributed by atoms with van der Waals surface area (Å²) in [5.74, 6) is 1.43. The Morgan fingerprint density at radius 2 is 2.00 bits per heavy atom. The van der Waals surface area contributed by atoms with Crippen LogP contribution in [0.2, 0.25) is 10.0 Å². The molecule has 1 unspecified atom stereocenters. The Bertz CT molecular complexity index is 307. The molecule has 0 aliphatic heterocycles. The van der Waals surface area contributed by atoms with Crippen LogP contribution in [-0.4, -0.2) is 0 Å². The van der Waals surface area contributed by atoms with Crippen molar-refractivity contribution in [1.29, 1.82) is 0 Å². The van der Waals surface area contributed by atoms with Crippen LogP contribution in [0.5, 0.6) is 0 Å². The third kappa shape index (κ3) is 1.46. The van der Waals surface area contributed by atoms with Crippen LogP contribution in [-0.2, 0) is 0 Å². The third-order valence-electron chi connectivity index (χ3n) is 2.47. The van der Waals surface area contributed by atoms with E-state index in [1.165, 1.54) is 12.0 Å². The van der Waals surface area contributed by atoms with Crippen LogP contribution in [0.25, 0.3) is 0 Å². The van der Waals surface area contributed by atoms with E-state index in [-0.39, 0.29) is 0 Å². The van der Waals surface area contributed by atoms with E-state index in [0.717, 1.165) is 16.0 Å². The molecule has 1 saturated carbocycles. The highest BCUT2D eigenvalue weighted by molar-refractivity contribution is 6.33. The van der Waals surface area contributed by atoms with Crippen molar-refractivity contribution >= 4 is 23.2 Å². The van der Waals surface area contributed by atoms with Crippen LogP contribution in [0.15, 0.2) is 18.2 Å². The van der Waals surface area contributed by atoms with Gasteiger partial charge in [-0.1, -0.05) is 30.1 Å². The van der Waals surface area contributed by atoms with Crippen LogP contribution >= 0.6 is 23.2 Å². The molecular weight excluding hydrogens is 191 g/mol. The van der Waals surface area contributed by atoms with Crippen molar-refractivity contribution in [3.8, 4) is 0 Å². The molecule has 0 saturated heterocycles. The molecule has 64 valence electrons. The van der Waals surface area contributed by atoms with Gasteiger partial charge in [-0.05, 0) is 42.0 Å². The predicted molar refractivity (Wildman–Crippen MR) is 53.0 cm³/mol. The smallest absolute Gasteiger partial charge is 0.0441 e. The van der Waals surface area contributed by atoms with Crippen LogP contribution in [0.3, 0.4) is 0 Å². The Balaban J connectivity index is 2.36. The lowest BCUT2D eigenvalue weighted by atomic mass is 10.1. The minimum absolute atomic E-state index is 0.649. The van der Waals surface area contributed by atoms with E-state index in [0.29, 0.717) is 5.92 Å². The van der Waals surface area contributed by atoms with Crippen molar-refractivity contribution in [2.24, 2.45) is 5.92 Å². The fourth-order valence-corrected chi connectivity index (χ4v) is 1.99. The highest BCUT2D eigenvalue weighted by Gasteiger charge is 2.35. The average molecular weight is 201 g/mol. The van der Waals surface area contributed by atoms with Gasteiger partial charge >= 0.3 is 0 Å². The zero-order valence-electron chi connectivity index (χ0n) is 6.85. The van der Waals surface area contributed by atoms with Gasteiger partial charge in [0.1, 0.15) is 0 Å². The Morgan fingerprint density at radius 3 is 2.58 bits per heavy atom. The van der Waals surface area contributed by atoms with E-state index in [1.807, 2.05) is 18.2 Å². The molecule has 0 N–H and O–H groups in total. The Kier molecular flexibility index (Phi) is 2.05. The van der Waals surface area contributed by atoms with Crippen LogP contribution < -0.4 is 0 Å². The number of hydrogen-bond donors (Lipinski definition) is 0. The van der Waals surface area contributed by atoms with Gasteiger partial charge in [-0.3, -0.25) is 0 Å². The van der Waals surface area contributed by atoms with Gasteiger partial charge in [0.05, 0.1) is 0 Å². The lowest BCUT2D eigenvalue weighted by Gasteiger charge is -2.02. The fraction of sp³-hybridized carbons (Fsp3) is 0.400. The zero-order valence-corrected chi connectivity index (χ0v) is 8.36. The highest BCUT2D eigenvalue weighted by Crippen LogP contribution is 2.49. The summed E-state index contributed by atoms with van der Waals surface area (Å²) in [6.07, 6.45) is 1.25. The van der Waals surface area contributed by atoms with E-state index in [9.17, 15) is 0 Å². The molecule has 0 spiro atoms. The van der Waals surface area contributed by atoms with Crippen LogP contribution in [0.1, 0.15) is 24.8 Å². The zero-order chi connectivity index (χ0) is 8.72. The third-order valence-corrected chi connectivity index (χ3v) is 3.05. The van der Waals surface area contributed by atoms with Crippen molar-refractivity contribution in [2.75, 3.05) is 0 Å². The van der Waals surface area contributed by atoms with Gasteiger partial charge in [0, 0.05) is 10.0 Å². The summed E-state index contributed by atoms with van der Waals surface area (Å²) in [7, 11) is 0. The van der Waals surface area contributed by atoms with Crippen molar-refractivity contribution in [3.63, 3.8) is 0 Å². The van der Waals surface area contributed by atoms with E-state index in [1.54, 1.807) is 0 Å². The summed E-state index contributed by atoms with van der Waals surface area (Å²) in [4.78, 5) is 0. The molecule has 2 atom stereocenters. The van der Waals surface area contributed by atoms with Crippen molar-refractivity contribution in [1.82, 2.24) is 0 Å². The standard InChI is InChI=1S/C10H10Cl2/c1-6-4-8(6)9-5-7(11)2-3-10(9)12/h2-3,5-6,8H,4H2,1H3/t6?,8-/m0/s1. The maximum absolute atomic E-state index is 6.04. The molecule has 0 radical (unpaired) electrons. The number of benzene rings is 1. The molecule has 2 rings (SSSR count). The largest absolute Gasteiger partial charge is 0.0843 e. The Morgan fingerprint density at radius 1 is 1.33 bits per heavy atom. The maximum atomic E-state index is 6.04. The Hall–Kier alpha value is -0.200. The average Bonchev–Trinajstić information content (AvgIpc) is 2.73. The summed E-state index contributed by atoms with van der Waals surface area (Å²) in [5, 5.41) is 1.64. The first kappa shape index (κ1) is 8.40. The summed E-state index contributed by atoms with van der Waals surface area (Å²) < 4.78 is 0. The van der Waals surface area contributed by atoms with Gasteiger partial charge in [-0.25, -0.2) is 0 Å². The van der Waals surface area contributed by atoms with Gasteiger partial charge in [-0.2, -0.15) is 0 Å². The maximum Gasteiger partial charge on any atom is 0.0441 e. The van der Waals surface area contributed by atoms with Crippen molar-refractivity contribution in [3.05, 3.63) is 33.8 Å². The van der Waals surface area contributed by atoms with Gasteiger partial charge < -0.3 is 0 Å². The van der Waals surface area contributed by atoms with Gasteiger partial charge in [-0.15, -0.1) is 0 Å². The fourth-order valence-electron chi connectivity index (χ4n) is 1.55. The van der Waals surface area contributed by atoms with E-state index >= 15 is 0 Å². The normalized spacial score (nSPS) is 27.2. The Labute approximate surface area is 82.5 Å². The molecule has 0 heterocycles. The van der Waals surface area contributed by atoms with E-state index < -0.39 is 0 Å². The van der Waals surface area contributed by atoms with E-state index in [4.69, 9.17) is 23.2 Å². The number of rotatable bonds is 1. The highest BCUT2D eigenvalue weighted by atomic mass is 35.5. The minimum atomic E-state index is 0.649. The molecule has 0 nitrogen and oxygen atoms in total. The molecule has 2 heteroatoms. The molecule has 0 bridgehead atoms. The first-order valence-electron chi connectivity index (χ1n) is 4.13. The molecule has 1 aromatic carbocycles. The molecule has 0 amide bonds. The quantitative estimate of drug-likeness (QED) is 0.641. The molecule has 12 heavy (non-hydrogen) atoms. The second-order valence-electron chi connectivity index (χ2n) is 3.49. The molecule has 1 aliphatic rings. The lowest BCUT2D eigenvalue weighted by Crippen LogP contribution is -1.82. The predicted octanol–water partition coefficient (Wildman–Crippen LogP) is 4.12. The SMILES string of the molecule is CC1C[C@@H]1c1cc(Cl)ccc1Cl. The number of halogens is 2. The van der Waals surface area contributed by atoms with Gasteiger partial charge in [0.25, 0.3) is 0 Å². The van der Waals surface area contributed by atoms with Crippen molar-refractivity contribution in [2.45, 2.75) is 19.3 Å². The monoisotopic (exact) mass is 200 g/mol. The summed E-state index contributed by atoms with van der Waals surface area (Å²) in [6.45, 7) is 2.24. The van der Waals surface area contributed by atoms with Crippen LogP contribution in [0, 0.1) is 5.92 Å². The van der Waals surface area contributed by atoms with Gasteiger partial charge in [0.15, 0.2) is 0 Å². The first-order valence-corrected chi connectivity index (χ1v) is 4.89. The summed E-state index contributed by atoms with van der Waals surface area (Å²) in [5.41, 5.74) is 1.22. The molecular formula is C10H10Cl2. The first-order chi connectivity index (χ1) is 5.68. The second kappa shape index (κ2) is 2.93. The molecule has 1 aromatic rings. The van der Waals surface area contributed by atoms with Gasteiger partial charge in [0.2, 0.25) is 0 Å². The van der Waals surface area contributed by atoms with Crippen LogP contribution in [0.4, 0.5) is 0 Å². The van der Waals surface area contributed by atoms with E-state index in [2.05, 4.69) is 6.92 Å². The molecule has 0 aromatic heterocycles. The summed E-state index contributed by atoms with van der Waals surface area (Å²) >= 11 is 11.9.